The lowest BCUT2D eigenvalue weighted by Crippen LogP contribution is -2.28. The fourth-order valence-corrected chi connectivity index (χ4v) is 2.69. The minimum Gasteiger partial charge on any atom is -0.481 e. The van der Waals surface area contributed by atoms with E-state index < -0.39 is 11.9 Å². The van der Waals surface area contributed by atoms with Gasteiger partial charge in [0.25, 0.3) is 0 Å². The minimum absolute atomic E-state index is 0.0677. The van der Waals surface area contributed by atoms with Crippen molar-refractivity contribution >= 4 is 11.8 Å². The maximum Gasteiger partial charge on any atom is 0.314 e. The highest BCUT2D eigenvalue weighted by Crippen LogP contribution is 2.20. The van der Waals surface area contributed by atoms with Gasteiger partial charge in [-0.25, -0.2) is 0 Å². The molecule has 0 saturated heterocycles. The minimum atomic E-state index is -0.936. The molecule has 1 N–H and O–H groups in total. The van der Waals surface area contributed by atoms with E-state index >= 15 is 0 Å². The number of Topliss-reactive ketones (excluding diaryl/α,β-unsaturated/α-hetero) is 1. The topological polar surface area (TPSA) is 54.4 Å². The number of ketones is 1. The van der Waals surface area contributed by atoms with Gasteiger partial charge in [0.15, 0.2) is 0 Å². The summed E-state index contributed by atoms with van der Waals surface area (Å²) in [6.07, 6.45) is 11.5. The smallest absolute Gasteiger partial charge is 0.314 e. The van der Waals surface area contributed by atoms with Gasteiger partial charge < -0.3 is 5.11 Å². The Morgan fingerprint density at radius 1 is 0.810 bits per heavy atom. The number of unbranched alkanes of at least 4 members (excludes halogenated alkanes) is 7. The highest BCUT2D eigenvalue weighted by atomic mass is 16.4. The number of aliphatic carboxylic acids is 1. The Balaban J connectivity index is 4.01. The van der Waals surface area contributed by atoms with E-state index in [0.29, 0.717) is 6.42 Å². The average molecular weight is 298 g/mol. The molecule has 0 spiro atoms. The molecule has 0 heterocycles. The van der Waals surface area contributed by atoms with E-state index in [-0.39, 0.29) is 11.7 Å². The predicted octanol–water partition coefficient (Wildman–Crippen LogP) is 5.22. The molecule has 0 rings (SSSR count). The van der Waals surface area contributed by atoms with E-state index in [1.54, 1.807) is 0 Å². The normalized spacial score (nSPS) is 13.9. The van der Waals surface area contributed by atoms with E-state index in [4.69, 9.17) is 0 Å². The molecule has 2 unspecified atom stereocenters. The zero-order valence-electron chi connectivity index (χ0n) is 14.2. The van der Waals surface area contributed by atoms with Gasteiger partial charge in [0.05, 0.1) is 0 Å². The van der Waals surface area contributed by atoms with Gasteiger partial charge >= 0.3 is 5.97 Å². The molecule has 0 aromatic carbocycles. The second kappa shape index (κ2) is 12.8. The van der Waals surface area contributed by atoms with Crippen molar-refractivity contribution in [2.45, 2.75) is 91.4 Å². The number of carboxylic acid groups (broad SMARTS) is 1. The third-order valence-electron chi connectivity index (χ3n) is 4.21. The zero-order valence-corrected chi connectivity index (χ0v) is 14.2. The fraction of sp³-hybridized carbons (Fsp3) is 0.889. The number of carbonyl (C=O) groups is 2. The molecule has 2 atom stereocenters. The van der Waals surface area contributed by atoms with E-state index in [1.807, 2.05) is 6.92 Å². The van der Waals surface area contributed by atoms with Gasteiger partial charge in [-0.3, -0.25) is 9.59 Å². The van der Waals surface area contributed by atoms with Crippen LogP contribution in [0.5, 0.6) is 0 Å². The molecular formula is C18H34O3. The van der Waals surface area contributed by atoms with E-state index in [1.165, 1.54) is 25.7 Å². The summed E-state index contributed by atoms with van der Waals surface area (Å²) in [6, 6.07) is 0. The Morgan fingerprint density at radius 3 is 1.86 bits per heavy atom. The van der Waals surface area contributed by atoms with Crippen LogP contribution < -0.4 is 0 Å². The van der Waals surface area contributed by atoms with Gasteiger partial charge in [0.1, 0.15) is 11.7 Å². The van der Waals surface area contributed by atoms with Crippen LogP contribution in [0.2, 0.25) is 0 Å². The van der Waals surface area contributed by atoms with Gasteiger partial charge in [-0.05, 0) is 12.8 Å². The lowest BCUT2D eigenvalue weighted by molar-refractivity contribution is -0.147. The molecule has 0 aromatic heterocycles. The van der Waals surface area contributed by atoms with Crippen molar-refractivity contribution in [2.75, 3.05) is 0 Å². The first kappa shape index (κ1) is 20.1. The molecule has 0 aliphatic rings. The Hall–Kier alpha value is -0.860. The predicted molar refractivity (Wildman–Crippen MR) is 87.4 cm³/mol. The van der Waals surface area contributed by atoms with Crippen LogP contribution in [0, 0.1) is 11.8 Å². The van der Waals surface area contributed by atoms with Crippen LogP contribution in [-0.4, -0.2) is 16.9 Å². The lowest BCUT2D eigenvalue weighted by Gasteiger charge is -2.16. The van der Waals surface area contributed by atoms with E-state index in [9.17, 15) is 14.7 Å². The number of carboxylic acids is 1. The summed E-state index contributed by atoms with van der Waals surface area (Å²) in [7, 11) is 0. The first-order chi connectivity index (χ1) is 10.0. The van der Waals surface area contributed by atoms with Crippen LogP contribution >= 0.6 is 0 Å². The van der Waals surface area contributed by atoms with Crippen LogP contribution in [0.25, 0.3) is 0 Å². The largest absolute Gasteiger partial charge is 0.481 e. The number of hydrogen-bond donors (Lipinski definition) is 1. The van der Waals surface area contributed by atoms with Gasteiger partial charge in [0.2, 0.25) is 0 Å². The maximum atomic E-state index is 12.2. The van der Waals surface area contributed by atoms with Gasteiger partial charge in [0, 0.05) is 5.92 Å². The molecule has 0 aliphatic heterocycles. The second-order valence-electron chi connectivity index (χ2n) is 6.25. The molecule has 0 aliphatic carbocycles. The average Bonchev–Trinajstić information content (AvgIpc) is 2.46. The molecule has 0 saturated carbocycles. The Labute approximate surface area is 130 Å². The summed E-state index contributed by atoms with van der Waals surface area (Å²) in [4.78, 5) is 23.5. The number of carbonyl (C=O) groups excluding carboxylic acids is 1. The summed E-state index contributed by atoms with van der Waals surface area (Å²) >= 11 is 0. The van der Waals surface area contributed by atoms with Crippen LogP contribution in [0.3, 0.4) is 0 Å². The molecule has 0 bridgehead atoms. The van der Waals surface area contributed by atoms with Crippen molar-refractivity contribution < 1.29 is 14.7 Å². The van der Waals surface area contributed by atoms with Crippen LogP contribution in [0.4, 0.5) is 0 Å². The molecule has 0 amide bonds. The first-order valence-electron chi connectivity index (χ1n) is 8.81. The number of rotatable bonds is 14. The Kier molecular flexibility index (Phi) is 12.3. The summed E-state index contributed by atoms with van der Waals surface area (Å²) in [5.74, 6) is -1.90. The van der Waals surface area contributed by atoms with Crippen molar-refractivity contribution in [3.05, 3.63) is 0 Å². The van der Waals surface area contributed by atoms with Crippen molar-refractivity contribution in [3.63, 3.8) is 0 Å². The Bertz CT molecular complexity index is 286. The summed E-state index contributed by atoms with van der Waals surface area (Å²) in [6.45, 7) is 6.16. The lowest BCUT2D eigenvalue weighted by atomic mass is 9.87. The van der Waals surface area contributed by atoms with Crippen molar-refractivity contribution in [1.82, 2.24) is 0 Å². The quantitative estimate of drug-likeness (QED) is 0.353. The first-order valence-corrected chi connectivity index (χ1v) is 8.81. The third-order valence-corrected chi connectivity index (χ3v) is 4.21. The van der Waals surface area contributed by atoms with E-state index in [2.05, 4.69) is 13.8 Å². The third kappa shape index (κ3) is 9.65. The molecule has 3 nitrogen and oxygen atoms in total. The summed E-state index contributed by atoms with van der Waals surface area (Å²) < 4.78 is 0. The zero-order chi connectivity index (χ0) is 16.1. The van der Waals surface area contributed by atoms with Crippen molar-refractivity contribution in [2.24, 2.45) is 11.8 Å². The molecule has 0 fully saturated rings. The molecule has 3 heteroatoms. The summed E-state index contributed by atoms with van der Waals surface area (Å²) in [5.41, 5.74) is 0. The van der Waals surface area contributed by atoms with E-state index in [0.717, 1.165) is 38.5 Å². The molecule has 0 aromatic rings. The highest BCUT2D eigenvalue weighted by molar-refractivity contribution is 5.99. The van der Waals surface area contributed by atoms with Gasteiger partial charge in [-0.15, -0.1) is 0 Å². The van der Waals surface area contributed by atoms with Crippen LogP contribution in [-0.2, 0) is 9.59 Å². The number of hydrogen-bond acceptors (Lipinski definition) is 2. The SMILES string of the molecule is CCCCCCCCCC(C(=O)O)C(=O)C(C)CCCC. The van der Waals surface area contributed by atoms with Gasteiger partial charge in [-0.1, -0.05) is 78.6 Å². The van der Waals surface area contributed by atoms with Gasteiger partial charge in [-0.2, -0.15) is 0 Å². The van der Waals surface area contributed by atoms with Crippen molar-refractivity contribution in [3.8, 4) is 0 Å². The molecule has 0 radical (unpaired) electrons. The highest BCUT2D eigenvalue weighted by Gasteiger charge is 2.28. The molecular weight excluding hydrogens is 264 g/mol. The molecule has 21 heavy (non-hydrogen) atoms. The van der Waals surface area contributed by atoms with Crippen molar-refractivity contribution in [1.29, 1.82) is 0 Å². The standard InChI is InChI=1S/C18H34O3/c1-4-6-8-9-10-11-12-14-16(18(20)21)17(19)15(3)13-7-5-2/h15-16H,4-14H2,1-3H3,(H,20,21). The fourth-order valence-electron chi connectivity index (χ4n) is 2.69. The van der Waals surface area contributed by atoms with Crippen LogP contribution in [0.15, 0.2) is 0 Å². The second-order valence-corrected chi connectivity index (χ2v) is 6.25. The maximum absolute atomic E-state index is 12.2. The van der Waals surface area contributed by atoms with Crippen LogP contribution in [0.1, 0.15) is 91.4 Å². The monoisotopic (exact) mass is 298 g/mol. The summed E-state index contributed by atoms with van der Waals surface area (Å²) in [5, 5.41) is 9.27. The molecule has 124 valence electrons. The Morgan fingerprint density at radius 2 is 1.33 bits per heavy atom.